The number of carbonyl (C=O) groups excluding carboxylic acids is 2. The fourth-order valence-electron chi connectivity index (χ4n) is 1.87. The van der Waals surface area contributed by atoms with E-state index in [1.54, 1.807) is 49.6 Å². The Morgan fingerprint density at radius 2 is 1.83 bits per heavy atom. The first-order valence-electron chi connectivity index (χ1n) is 7.01. The Morgan fingerprint density at radius 3 is 2.43 bits per heavy atom. The van der Waals surface area contributed by atoms with Crippen LogP contribution in [0.15, 0.2) is 48.5 Å². The number of benzene rings is 2. The number of nitrogen functional groups attached to an aromatic ring is 1. The zero-order valence-electron chi connectivity index (χ0n) is 12.9. The Hall–Kier alpha value is -3.02. The van der Waals surface area contributed by atoms with Crippen molar-refractivity contribution in [2.24, 2.45) is 0 Å². The minimum absolute atomic E-state index is 0.300. The van der Waals surface area contributed by atoms with Crippen LogP contribution in [0.3, 0.4) is 0 Å². The Kier molecular flexibility index (Phi) is 5.19. The summed E-state index contributed by atoms with van der Waals surface area (Å²) in [6, 6.07) is 13.2. The number of hydrogen-bond donors (Lipinski definition) is 2. The van der Waals surface area contributed by atoms with Gasteiger partial charge in [0.15, 0.2) is 6.10 Å². The molecular formula is C17H18N2O4. The fraction of sp³-hybridized carbons (Fsp3) is 0.176. The quantitative estimate of drug-likeness (QED) is 0.653. The van der Waals surface area contributed by atoms with Crippen molar-refractivity contribution in [3.63, 3.8) is 0 Å². The summed E-state index contributed by atoms with van der Waals surface area (Å²) in [4.78, 5) is 24.0. The molecule has 0 saturated carbocycles. The molecular weight excluding hydrogens is 296 g/mol. The summed E-state index contributed by atoms with van der Waals surface area (Å²) in [5.74, 6) is -0.341. The van der Waals surface area contributed by atoms with Crippen molar-refractivity contribution in [3.8, 4) is 5.75 Å². The lowest BCUT2D eigenvalue weighted by Crippen LogP contribution is -2.30. The highest BCUT2D eigenvalue weighted by atomic mass is 16.5. The summed E-state index contributed by atoms with van der Waals surface area (Å²) in [7, 11) is 1.56. The molecule has 1 unspecified atom stereocenters. The summed E-state index contributed by atoms with van der Waals surface area (Å²) in [5, 5.41) is 2.66. The van der Waals surface area contributed by atoms with E-state index in [-0.39, 0.29) is 0 Å². The smallest absolute Gasteiger partial charge is 0.338 e. The van der Waals surface area contributed by atoms with Crippen LogP contribution in [-0.2, 0) is 9.53 Å². The van der Waals surface area contributed by atoms with Gasteiger partial charge in [-0.25, -0.2) is 4.79 Å². The SMILES string of the molecule is COc1ccc(NC(=O)C(C)OC(=O)c2cccc(N)c2)cc1. The van der Waals surface area contributed by atoms with Gasteiger partial charge in [-0.15, -0.1) is 0 Å². The molecule has 0 aliphatic rings. The minimum atomic E-state index is -0.939. The number of carbonyl (C=O) groups is 2. The number of amides is 1. The van der Waals surface area contributed by atoms with E-state index in [2.05, 4.69) is 5.32 Å². The molecule has 120 valence electrons. The normalized spacial score (nSPS) is 11.4. The van der Waals surface area contributed by atoms with Crippen LogP contribution in [0.25, 0.3) is 0 Å². The second-order valence-electron chi connectivity index (χ2n) is 4.89. The predicted molar refractivity (Wildman–Crippen MR) is 87.4 cm³/mol. The number of methoxy groups -OCH3 is 1. The first kappa shape index (κ1) is 16.4. The van der Waals surface area contributed by atoms with Crippen molar-refractivity contribution in [3.05, 3.63) is 54.1 Å². The molecule has 0 heterocycles. The molecule has 0 spiro atoms. The number of ether oxygens (including phenoxy) is 2. The van der Waals surface area contributed by atoms with Gasteiger partial charge in [0.25, 0.3) is 5.91 Å². The molecule has 0 bridgehead atoms. The Bertz CT molecular complexity index is 698. The first-order chi connectivity index (χ1) is 11.0. The van der Waals surface area contributed by atoms with Crippen molar-refractivity contribution in [2.75, 3.05) is 18.2 Å². The third-order valence-electron chi connectivity index (χ3n) is 3.13. The molecule has 2 aromatic rings. The lowest BCUT2D eigenvalue weighted by molar-refractivity contribution is -0.123. The molecule has 0 aliphatic carbocycles. The third kappa shape index (κ3) is 4.47. The van der Waals surface area contributed by atoms with Crippen LogP contribution < -0.4 is 15.8 Å². The highest BCUT2D eigenvalue weighted by Crippen LogP contribution is 2.16. The monoisotopic (exact) mass is 314 g/mol. The number of rotatable bonds is 5. The second kappa shape index (κ2) is 7.31. The van der Waals surface area contributed by atoms with Gasteiger partial charge in [-0.3, -0.25) is 4.79 Å². The summed E-state index contributed by atoms with van der Waals surface area (Å²) in [6.07, 6.45) is -0.939. The molecule has 2 rings (SSSR count). The molecule has 23 heavy (non-hydrogen) atoms. The van der Waals surface area contributed by atoms with Crippen molar-refractivity contribution in [1.29, 1.82) is 0 Å². The fourth-order valence-corrected chi connectivity index (χ4v) is 1.87. The Labute approximate surface area is 134 Å². The Morgan fingerprint density at radius 1 is 1.13 bits per heavy atom. The average Bonchev–Trinajstić information content (AvgIpc) is 2.55. The zero-order valence-corrected chi connectivity index (χ0v) is 12.9. The van der Waals surface area contributed by atoms with Crippen LogP contribution in [0, 0.1) is 0 Å². The molecule has 0 radical (unpaired) electrons. The summed E-state index contributed by atoms with van der Waals surface area (Å²) < 4.78 is 10.2. The number of nitrogens with two attached hydrogens (primary N) is 1. The van der Waals surface area contributed by atoms with Crippen molar-refractivity contribution in [2.45, 2.75) is 13.0 Å². The maximum Gasteiger partial charge on any atom is 0.338 e. The van der Waals surface area contributed by atoms with Crippen LogP contribution in [0.4, 0.5) is 11.4 Å². The van der Waals surface area contributed by atoms with E-state index in [0.717, 1.165) is 0 Å². The van der Waals surface area contributed by atoms with Gasteiger partial charge in [0.05, 0.1) is 12.7 Å². The maximum absolute atomic E-state index is 12.1. The molecule has 0 aliphatic heterocycles. The van der Waals surface area contributed by atoms with Gasteiger partial charge >= 0.3 is 5.97 Å². The number of hydrogen-bond acceptors (Lipinski definition) is 5. The van der Waals surface area contributed by atoms with E-state index in [1.807, 2.05) is 0 Å². The van der Waals surface area contributed by atoms with E-state index in [9.17, 15) is 9.59 Å². The van der Waals surface area contributed by atoms with Crippen molar-refractivity contribution in [1.82, 2.24) is 0 Å². The topological polar surface area (TPSA) is 90.6 Å². The van der Waals surface area contributed by atoms with E-state index in [1.165, 1.54) is 13.0 Å². The first-order valence-corrected chi connectivity index (χ1v) is 7.01. The number of esters is 1. The van der Waals surface area contributed by atoms with Crippen molar-refractivity contribution >= 4 is 23.3 Å². The van der Waals surface area contributed by atoms with Crippen LogP contribution in [0.2, 0.25) is 0 Å². The van der Waals surface area contributed by atoms with Gasteiger partial charge in [0.1, 0.15) is 5.75 Å². The van der Waals surface area contributed by atoms with Crippen LogP contribution in [0.5, 0.6) is 5.75 Å². The van der Waals surface area contributed by atoms with Crippen LogP contribution in [-0.4, -0.2) is 25.1 Å². The highest BCUT2D eigenvalue weighted by molar-refractivity contribution is 5.97. The predicted octanol–water partition coefficient (Wildman–Crippen LogP) is 2.46. The van der Waals surface area contributed by atoms with E-state index >= 15 is 0 Å². The molecule has 0 fully saturated rings. The van der Waals surface area contributed by atoms with Gasteiger partial charge in [-0.05, 0) is 49.4 Å². The lowest BCUT2D eigenvalue weighted by atomic mass is 10.2. The third-order valence-corrected chi connectivity index (χ3v) is 3.13. The summed E-state index contributed by atoms with van der Waals surface area (Å²) >= 11 is 0. The molecule has 2 aromatic carbocycles. The standard InChI is InChI=1S/C17H18N2O4/c1-11(23-17(21)12-4-3-5-13(18)10-12)16(20)19-14-6-8-15(22-2)9-7-14/h3-11H,18H2,1-2H3,(H,19,20). The van der Waals surface area contributed by atoms with Gasteiger partial charge < -0.3 is 20.5 Å². The number of nitrogens with one attached hydrogen (secondary N) is 1. The zero-order chi connectivity index (χ0) is 16.8. The molecule has 6 heteroatoms. The molecule has 6 nitrogen and oxygen atoms in total. The molecule has 3 N–H and O–H groups in total. The van der Waals surface area contributed by atoms with E-state index < -0.39 is 18.0 Å². The number of anilines is 2. The van der Waals surface area contributed by atoms with Crippen LogP contribution >= 0.6 is 0 Å². The van der Waals surface area contributed by atoms with E-state index in [0.29, 0.717) is 22.7 Å². The molecule has 0 aromatic heterocycles. The summed E-state index contributed by atoms with van der Waals surface area (Å²) in [5.41, 5.74) is 6.95. The van der Waals surface area contributed by atoms with Gasteiger partial charge in [-0.2, -0.15) is 0 Å². The summed E-state index contributed by atoms with van der Waals surface area (Å²) in [6.45, 7) is 1.50. The lowest BCUT2D eigenvalue weighted by Gasteiger charge is -2.14. The largest absolute Gasteiger partial charge is 0.497 e. The van der Waals surface area contributed by atoms with Gasteiger partial charge in [-0.1, -0.05) is 6.07 Å². The molecule has 0 saturated heterocycles. The van der Waals surface area contributed by atoms with Gasteiger partial charge in [0, 0.05) is 11.4 Å². The maximum atomic E-state index is 12.1. The average molecular weight is 314 g/mol. The highest BCUT2D eigenvalue weighted by Gasteiger charge is 2.19. The minimum Gasteiger partial charge on any atom is -0.497 e. The van der Waals surface area contributed by atoms with Gasteiger partial charge in [0.2, 0.25) is 0 Å². The van der Waals surface area contributed by atoms with E-state index in [4.69, 9.17) is 15.2 Å². The molecule has 1 atom stereocenters. The van der Waals surface area contributed by atoms with Crippen molar-refractivity contribution < 1.29 is 19.1 Å². The Balaban J connectivity index is 1.95. The second-order valence-corrected chi connectivity index (χ2v) is 4.89. The van der Waals surface area contributed by atoms with Crippen LogP contribution in [0.1, 0.15) is 17.3 Å². The molecule has 1 amide bonds.